The van der Waals surface area contributed by atoms with Crippen molar-refractivity contribution >= 4 is 5.91 Å². The third-order valence-corrected chi connectivity index (χ3v) is 3.60. The SMILES string of the molecule is O=C(NCc1cccc(F)c1)c1ccc(-c2ccccc2)cc1. The van der Waals surface area contributed by atoms with Gasteiger partial charge >= 0.3 is 0 Å². The molecule has 0 aliphatic rings. The Kier molecular flexibility index (Phi) is 4.48. The zero-order valence-electron chi connectivity index (χ0n) is 12.5. The summed E-state index contributed by atoms with van der Waals surface area (Å²) in [4.78, 5) is 12.1. The van der Waals surface area contributed by atoms with Gasteiger partial charge < -0.3 is 5.32 Å². The lowest BCUT2D eigenvalue weighted by Crippen LogP contribution is -2.22. The highest BCUT2D eigenvalue weighted by molar-refractivity contribution is 5.94. The van der Waals surface area contributed by atoms with Crippen LogP contribution in [-0.2, 0) is 6.54 Å². The van der Waals surface area contributed by atoms with Crippen molar-refractivity contribution in [3.63, 3.8) is 0 Å². The van der Waals surface area contributed by atoms with Crippen LogP contribution < -0.4 is 5.32 Å². The van der Waals surface area contributed by atoms with E-state index in [-0.39, 0.29) is 11.7 Å². The molecule has 0 saturated carbocycles. The molecule has 0 aromatic heterocycles. The number of halogens is 1. The zero-order valence-corrected chi connectivity index (χ0v) is 12.5. The summed E-state index contributed by atoms with van der Waals surface area (Å²) in [5.41, 5.74) is 3.49. The molecule has 0 heterocycles. The number of hydrogen-bond donors (Lipinski definition) is 1. The summed E-state index contributed by atoms with van der Waals surface area (Å²) in [5, 5.41) is 2.80. The second-order valence-electron chi connectivity index (χ2n) is 5.26. The van der Waals surface area contributed by atoms with E-state index in [0.717, 1.165) is 16.7 Å². The summed E-state index contributed by atoms with van der Waals surface area (Å²) < 4.78 is 13.1. The summed E-state index contributed by atoms with van der Waals surface area (Å²) in [5.74, 6) is -0.474. The molecule has 0 radical (unpaired) electrons. The lowest BCUT2D eigenvalue weighted by molar-refractivity contribution is 0.0951. The summed E-state index contributed by atoms with van der Waals surface area (Å²) in [6, 6.07) is 23.6. The van der Waals surface area contributed by atoms with Crippen molar-refractivity contribution in [2.24, 2.45) is 0 Å². The van der Waals surface area contributed by atoms with Gasteiger partial charge in [0.25, 0.3) is 5.91 Å². The third kappa shape index (κ3) is 3.83. The first kappa shape index (κ1) is 15.0. The van der Waals surface area contributed by atoms with Crippen LogP contribution in [0.4, 0.5) is 4.39 Å². The first-order valence-corrected chi connectivity index (χ1v) is 7.40. The molecule has 0 aliphatic heterocycles. The maximum Gasteiger partial charge on any atom is 0.251 e. The average Bonchev–Trinajstić information content (AvgIpc) is 2.61. The molecule has 0 aliphatic carbocycles. The lowest BCUT2D eigenvalue weighted by Gasteiger charge is -2.07. The Morgan fingerprint density at radius 1 is 0.826 bits per heavy atom. The summed E-state index contributed by atoms with van der Waals surface area (Å²) in [6.45, 7) is 0.303. The third-order valence-electron chi connectivity index (χ3n) is 3.60. The molecule has 2 nitrogen and oxygen atoms in total. The smallest absolute Gasteiger partial charge is 0.251 e. The van der Waals surface area contributed by atoms with E-state index < -0.39 is 0 Å². The maximum atomic E-state index is 13.1. The van der Waals surface area contributed by atoms with Crippen LogP contribution in [0.2, 0.25) is 0 Å². The van der Waals surface area contributed by atoms with Crippen molar-refractivity contribution in [1.82, 2.24) is 5.32 Å². The molecule has 0 bridgehead atoms. The van der Waals surface area contributed by atoms with Gasteiger partial charge in [-0.1, -0.05) is 54.6 Å². The molecule has 3 aromatic carbocycles. The van der Waals surface area contributed by atoms with Crippen LogP contribution in [-0.4, -0.2) is 5.91 Å². The normalized spacial score (nSPS) is 10.3. The topological polar surface area (TPSA) is 29.1 Å². The zero-order chi connectivity index (χ0) is 16.1. The van der Waals surface area contributed by atoms with E-state index in [1.165, 1.54) is 12.1 Å². The van der Waals surface area contributed by atoms with E-state index in [2.05, 4.69) is 5.32 Å². The molecular weight excluding hydrogens is 289 g/mol. The lowest BCUT2D eigenvalue weighted by atomic mass is 10.0. The molecule has 0 saturated heterocycles. The minimum Gasteiger partial charge on any atom is -0.348 e. The van der Waals surface area contributed by atoms with Crippen LogP contribution in [0.3, 0.4) is 0 Å². The molecule has 0 unspecified atom stereocenters. The van der Waals surface area contributed by atoms with Gasteiger partial charge in [-0.2, -0.15) is 0 Å². The Morgan fingerprint density at radius 3 is 2.22 bits per heavy atom. The van der Waals surface area contributed by atoms with E-state index in [4.69, 9.17) is 0 Å². The Labute approximate surface area is 134 Å². The van der Waals surface area contributed by atoms with Gasteiger partial charge in [-0.3, -0.25) is 4.79 Å². The number of hydrogen-bond acceptors (Lipinski definition) is 1. The second-order valence-corrected chi connectivity index (χ2v) is 5.26. The fourth-order valence-electron chi connectivity index (χ4n) is 2.38. The number of carbonyl (C=O) groups excluding carboxylic acids is 1. The van der Waals surface area contributed by atoms with Crippen molar-refractivity contribution < 1.29 is 9.18 Å². The molecule has 0 spiro atoms. The van der Waals surface area contributed by atoms with Crippen molar-refractivity contribution in [3.05, 3.63) is 95.8 Å². The molecule has 0 fully saturated rings. The van der Waals surface area contributed by atoms with Gasteiger partial charge in [-0.15, -0.1) is 0 Å². The Hall–Kier alpha value is -2.94. The highest BCUT2D eigenvalue weighted by atomic mass is 19.1. The summed E-state index contributed by atoms with van der Waals surface area (Å²) >= 11 is 0. The number of benzene rings is 3. The van der Waals surface area contributed by atoms with Gasteiger partial charge in [0.05, 0.1) is 0 Å². The molecular formula is C20H16FNO. The molecule has 3 aromatic rings. The Balaban J connectivity index is 1.66. The minimum absolute atomic E-state index is 0.172. The van der Waals surface area contributed by atoms with Gasteiger partial charge in [-0.05, 0) is 41.0 Å². The monoisotopic (exact) mass is 305 g/mol. The highest BCUT2D eigenvalue weighted by Gasteiger charge is 2.06. The second kappa shape index (κ2) is 6.88. The van der Waals surface area contributed by atoms with Crippen LogP contribution in [0.1, 0.15) is 15.9 Å². The highest BCUT2D eigenvalue weighted by Crippen LogP contribution is 2.19. The molecule has 3 rings (SSSR count). The van der Waals surface area contributed by atoms with E-state index in [9.17, 15) is 9.18 Å². The Bertz CT molecular complexity index is 797. The van der Waals surface area contributed by atoms with Crippen molar-refractivity contribution in [3.8, 4) is 11.1 Å². The van der Waals surface area contributed by atoms with Gasteiger partial charge in [0, 0.05) is 12.1 Å². The fraction of sp³-hybridized carbons (Fsp3) is 0.0500. The van der Waals surface area contributed by atoms with Gasteiger partial charge in [0.1, 0.15) is 5.82 Å². The van der Waals surface area contributed by atoms with Crippen molar-refractivity contribution in [2.75, 3.05) is 0 Å². The predicted molar refractivity (Wildman–Crippen MR) is 89.4 cm³/mol. The fourth-order valence-corrected chi connectivity index (χ4v) is 2.38. The summed E-state index contributed by atoms with van der Waals surface area (Å²) in [7, 11) is 0. The summed E-state index contributed by atoms with van der Waals surface area (Å²) in [6.07, 6.45) is 0. The maximum absolute atomic E-state index is 13.1. The number of carbonyl (C=O) groups is 1. The van der Waals surface area contributed by atoms with Crippen LogP contribution in [0.15, 0.2) is 78.9 Å². The van der Waals surface area contributed by atoms with Gasteiger partial charge in [0.2, 0.25) is 0 Å². The minimum atomic E-state index is -0.302. The van der Waals surface area contributed by atoms with E-state index >= 15 is 0 Å². The van der Waals surface area contributed by atoms with Crippen LogP contribution >= 0.6 is 0 Å². The predicted octanol–water partition coefficient (Wildman–Crippen LogP) is 4.42. The van der Waals surface area contributed by atoms with E-state index in [0.29, 0.717) is 12.1 Å². The van der Waals surface area contributed by atoms with Crippen LogP contribution in [0.25, 0.3) is 11.1 Å². The molecule has 23 heavy (non-hydrogen) atoms. The molecule has 114 valence electrons. The van der Waals surface area contributed by atoms with Crippen molar-refractivity contribution in [1.29, 1.82) is 0 Å². The molecule has 3 heteroatoms. The quantitative estimate of drug-likeness (QED) is 0.759. The average molecular weight is 305 g/mol. The number of nitrogens with one attached hydrogen (secondary N) is 1. The Morgan fingerprint density at radius 2 is 1.52 bits per heavy atom. The standard InChI is InChI=1S/C20H16FNO/c21-19-8-4-5-15(13-19)14-22-20(23)18-11-9-17(10-12-18)16-6-2-1-3-7-16/h1-13H,14H2,(H,22,23). The van der Waals surface area contributed by atoms with Gasteiger partial charge in [0.15, 0.2) is 0 Å². The van der Waals surface area contributed by atoms with Crippen LogP contribution in [0.5, 0.6) is 0 Å². The first-order chi connectivity index (χ1) is 11.2. The van der Waals surface area contributed by atoms with E-state index in [1.807, 2.05) is 42.5 Å². The van der Waals surface area contributed by atoms with Crippen molar-refractivity contribution in [2.45, 2.75) is 6.54 Å². The molecule has 0 atom stereocenters. The number of rotatable bonds is 4. The van der Waals surface area contributed by atoms with E-state index in [1.54, 1.807) is 24.3 Å². The van der Waals surface area contributed by atoms with Gasteiger partial charge in [-0.25, -0.2) is 4.39 Å². The number of amides is 1. The largest absolute Gasteiger partial charge is 0.348 e. The first-order valence-electron chi connectivity index (χ1n) is 7.40. The molecule has 1 amide bonds. The van der Waals surface area contributed by atoms with Crippen LogP contribution in [0, 0.1) is 5.82 Å². The molecule has 1 N–H and O–H groups in total.